The number of rotatable bonds is 0. The van der Waals surface area contributed by atoms with Gasteiger partial charge in [0.25, 0.3) is 0 Å². The maximum absolute atomic E-state index is 13.1. The van der Waals surface area contributed by atoms with Gasteiger partial charge in [-0.25, -0.2) is 4.39 Å². The van der Waals surface area contributed by atoms with Crippen LogP contribution in [-0.2, 0) is 0 Å². The fourth-order valence-electron chi connectivity index (χ4n) is 1.07. The maximum atomic E-state index is 13.1. The van der Waals surface area contributed by atoms with E-state index in [1.807, 2.05) is 0 Å². The molecule has 0 atom stereocenters. The molecule has 0 aliphatic heterocycles. The third-order valence-electron chi connectivity index (χ3n) is 1.54. The molecule has 0 fully saturated rings. The number of aromatic nitrogens is 2. The normalized spacial score (nSPS) is 10.8. The van der Waals surface area contributed by atoms with Crippen molar-refractivity contribution >= 4 is 39.2 Å². The Morgan fingerprint density at radius 1 is 1.33 bits per heavy atom. The number of aromatic amines is 2. The van der Waals surface area contributed by atoms with Gasteiger partial charge < -0.3 is 9.97 Å². The monoisotopic (exact) mass is 246 g/mol. The van der Waals surface area contributed by atoms with Crippen LogP contribution in [0, 0.1) is 10.6 Å². The standard InChI is InChI=1S/C7H4BrFN2S/c8-3-1-4(9)6-5(2-3)10-7(12)11-6/h1-2H,(H2,10,11,12). The second kappa shape index (κ2) is 2.67. The minimum Gasteiger partial charge on any atom is -0.331 e. The van der Waals surface area contributed by atoms with Crippen molar-refractivity contribution in [2.45, 2.75) is 0 Å². The summed E-state index contributed by atoms with van der Waals surface area (Å²) in [6.07, 6.45) is 0. The molecular weight excluding hydrogens is 243 g/mol. The second-order valence-electron chi connectivity index (χ2n) is 2.39. The Morgan fingerprint density at radius 3 is 2.83 bits per heavy atom. The molecule has 0 unspecified atom stereocenters. The highest BCUT2D eigenvalue weighted by atomic mass is 79.9. The second-order valence-corrected chi connectivity index (χ2v) is 3.71. The van der Waals surface area contributed by atoms with Crippen molar-refractivity contribution in [2.75, 3.05) is 0 Å². The van der Waals surface area contributed by atoms with Gasteiger partial charge in [0.2, 0.25) is 0 Å². The van der Waals surface area contributed by atoms with Gasteiger partial charge in [-0.2, -0.15) is 0 Å². The van der Waals surface area contributed by atoms with E-state index in [9.17, 15) is 4.39 Å². The first kappa shape index (κ1) is 7.94. The predicted molar refractivity (Wildman–Crippen MR) is 51.1 cm³/mol. The summed E-state index contributed by atoms with van der Waals surface area (Å²) in [6.45, 7) is 0. The number of benzene rings is 1. The van der Waals surface area contributed by atoms with Crippen molar-refractivity contribution in [3.8, 4) is 0 Å². The van der Waals surface area contributed by atoms with Gasteiger partial charge in [0.15, 0.2) is 4.77 Å². The third kappa shape index (κ3) is 1.19. The van der Waals surface area contributed by atoms with Crippen LogP contribution in [0.15, 0.2) is 16.6 Å². The Labute approximate surface area is 80.9 Å². The van der Waals surface area contributed by atoms with E-state index in [1.54, 1.807) is 6.07 Å². The zero-order chi connectivity index (χ0) is 8.72. The van der Waals surface area contributed by atoms with Crippen molar-refractivity contribution in [3.63, 3.8) is 0 Å². The Balaban J connectivity index is 2.97. The molecule has 2 aromatic rings. The molecule has 0 radical (unpaired) electrons. The first-order valence-corrected chi connectivity index (χ1v) is 4.44. The molecule has 0 bridgehead atoms. The van der Waals surface area contributed by atoms with Crippen molar-refractivity contribution in [1.82, 2.24) is 9.97 Å². The lowest BCUT2D eigenvalue weighted by Crippen LogP contribution is -1.77. The van der Waals surface area contributed by atoms with Gasteiger partial charge in [-0.3, -0.25) is 0 Å². The van der Waals surface area contributed by atoms with Crippen LogP contribution in [0.5, 0.6) is 0 Å². The molecule has 0 saturated carbocycles. The van der Waals surface area contributed by atoms with Crippen molar-refractivity contribution in [2.24, 2.45) is 0 Å². The molecule has 0 aliphatic rings. The largest absolute Gasteiger partial charge is 0.331 e. The van der Waals surface area contributed by atoms with Gasteiger partial charge >= 0.3 is 0 Å². The lowest BCUT2D eigenvalue weighted by Gasteiger charge is -1.92. The molecule has 1 heterocycles. The highest BCUT2D eigenvalue weighted by Crippen LogP contribution is 2.20. The summed E-state index contributed by atoms with van der Waals surface area (Å²) in [5.74, 6) is -0.313. The van der Waals surface area contributed by atoms with Crippen molar-refractivity contribution < 1.29 is 4.39 Å². The van der Waals surface area contributed by atoms with Gasteiger partial charge in [-0.1, -0.05) is 15.9 Å². The molecule has 1 aromatic heterocycles. The molecule has 5 heteroatoms. The van der Waals surface area contributed by atoms with Crippen LogP contribution in [0.3, 0.4) is 0 Å². The summed E-state index contributed by atoms with van der Waals surface area (Å²) in [7, 11) is 0. The highest BCUT2D eigenvalue weighted by Gasteiger charge is 2.03. The summed E-state index contributed by atoms with van der Waals surface area (Å²) in [6, 6.07) is 3.16. The zero-order valence-electron chi connectivity index (χ0n) is 5.82. The van der Waals surface area contributed by atoms with E-state index in [1.165, 1.54) is 6.07 Å². The third-order valence-corrected chi connectivity index (χ3v) is 2.20. The Kier molecular flexibility index (Phi) is 1.77. The zero-order valence-corrected chi connectivity index (χ0v) is 8.22. The molecule has 12 heavy (non-hydrogen) atoms. The summed E-state index contributed by atoms with van der Waals surface area (Å²) in [4.78, 5) is 5.55. The number of hydrogen-bond donors (Lipinski definition) is 2. The van der Waals surface area contributed by atoms with Crippen LogP contribution < -0.4 is 0 Å². The fraction of sp³-hybridized carbons (Fsp3) is 0. The van der Waals surface area contributed by atoms with Crippen LogP contribution in [0.4, 0.5) is 4.39 Å². The summed E-state index contributed by atoms with van der Waals surface area (Å²) in [5, 5.41) is 0. The number of imidazole rings is 1. The van der Waals surface area contributed by atoms with E-state index in [2.05, 4.69) is 25.9 Å². The highest BCUT2D eigenvalue weighted by molar-refractivity contribution is 9.10. The lowest BCUT2D eigenvalue weighted by atomic mass is 10.3. The van der Waals surface area contributed by atoms with Gasteiger partial charge in [-0.05, 0) is 24.4 Å². The van der Waals surface area contributed by atoms with Crippen molar-refractivity contribution in [3.05, 3.63) is 27.2 Å². The average Bonchev–Trinajstić information content (AvgIpc) is 2.29. The molecule has 2 rings (SSSR count). The molecule has 62 valence electrons. The maximum Gasteiger partial charge on any atom is 0.175 e. The minimum absolute atomic E-state index is 0.313. The molecule has 0 saturated heterocycles. The van der Waals surface area contributed by atoms with Gasteiger partial charge in [0, 0.05) is 4.47 Å². The van der Waals surface area contributed by atoms with Crippen LogP contribution in [0.25, 0.3) is 11.0 Å². The molecule has 0 spiro atoms. The van der Waals surface area contributed by atoms with Gasteiger partial charge in [0.05, 0.1) is 5.52 Å². The van der Waals surface area contributed by atoms with E-state index >= 15 is 0 Å². The number of halogens is 2. The number of hydrogen-bond acceptors (Lipinski definition) is 1. The topological polar surface area (TPSA) is 31.6 Å². The number of fused-ring (bicyclic) bond motifs is 1. The Morgan fingerprint density at radius 2 is 2.08 bits per heavy atom. The van der Waals surface area contributed by atoms with Crippen LogP contribution in [0.1, 0.15) is 0 Å². The van der Waals surface area contributed by atoms with E-state index in [-0.39, 0.29) is 5.82 Å². The smallest absolute Gasteiger partial charge is 0.175 e. The van der Waals surface area contributed by atoms with Crippen LogP contribution >= 0.6 is 28.1 Å². The lowest BCUT2D eigenvalue weighted by molar-refractivity contribution is 0.636. The van der Waals surface area contributed by atoms with E-state index in [0.29, 0.717) is 20.3 Å². The van der Waals surface area contributed by atoms with Crippen molar-refractivity contribution in [1.29, 1.82) is 0 Å². The molecule has 2 N–H and O–H groups in total. The van der Waals surface area contributed by atoms with Gasteiger partial charge in [0.1, 0.15) is 11.3 Å². The number of nitrogens with one attached hydrogen (secondary N) is 2. The van der Waals surface area contributed by atoms with E-state index < -0.39 is 0 Å². The van der Waals surface area contributed by atoms with Gasteiger partial charge in [-0.15, -0.1) is 0 Å². The minimum atomic E-state index is -0.313. The molecule has 2 nitrogen and oxygen atoms in total. The molecular formula is C7H4BrFN2S. The Hall–Kier alpha value is -0.680. The van der Waals surface area contributed by atoms with Crippen LogP contribution in [-0.4, -0.2) is 9.97 Å². The number of H-pyrrole nitrogens is 2. The Bertz CT molecular complexity index is 488. The summed E-state index contributed by atoms with van der Waals surface area (Å²) >= 11 is 8.01. The molecule has 0 amide bonds. The predicted octanol–water partition coefficient (Wildman–Crippen LogP) is 3.13. The fourth-order valence-corrected chi connectivity index (χ4v) is 1.71. The van der Waals surface area contributed by atoms with E-state index in [4.69, 9.17) is 12.2 Å². The summed E-state index contributed by atoms with van der Waals surface area (Å²) < 4.78 is 14.3. The first-order valence-electron chi connectivity index (χ1n) is 3.24. The quantitative estimate of drug-likeness (QED) is 0.688. The SMILES string of the molecule is Fc1cc(Br)cc2[nH]c(=S)[nH]c12. The summed E-state index contributed by atoms with van der Waals surface area (Å²) in [5.41, 5.74) is 1.09. The average molecular weight is 247 g/mol. The molecule has 0 aliphatic carbocycles. The first-order chi connectivity index (χ1) is 5.66. The van der Waals surface area contributed by atoms with E-state index in [0.717, 1.165) is 0 Å². The molecule has 1 aromatic carbocycles. The van der Waals surface area contributed by atoms with Crippen LogP contribution in [0.2, 0.25) is 0 Å².